The Morgan fingerprint density at radius 2 is 1.82 bits per heavy atom. The fraction of sp³-hybridized carbons (Fsp3) is 0.350. The molecule has 150 valence electrons. The molecule has 0 unspecified atom stereocenters. The molecular formula is C20H23FN2O4S. The van der Waals surface area contributed by atoms with Gasteiger partial charge in [0, 0.05) is 17.3 Å². The maximum atomic E-state index is 13.7. The maximum absolute atomic E-state index is 13.7. The van der Waals surface area contributed by atoms with E-state index in [1.807, 2.05) is 0 Å². The molecule has 1 amide bonds. The molecule has 3 N–H and O–H groups in total. The van der Waals surface area contributed by atoms with Crippen molar-refractivity contribution in [3.05, 3.63) is 59.4 Å². The van der Waals surface area contributed by atoms with Crippen molar-refractivity contribution in [1.29, 1.82) is 0 Å². The maximum Gasteiger partial charge on any atom is 0.261 e. The molecular weight excluding hydrogens is 383 g/mol. The van der Waals surface area contributed by atoms with Crippen molar-refractivity contribution in [2.75, 3.05) is 4.72 Å². The molecule has 3 rings (SSSR count). The van der Waals surface area contributed by atoms with Crippen molar-refractivity contribution >= 4 is 21.6 Å². The van der Waals surface area contributed by atoms with Gasteiger partial charge < -0.3 is 10.4 Å². The molecule has 0 bridgehead atoms. The van der Waals surface area contributed by atoms with Crippen LogP contribution in [0.25, 0.3) is 0 Å². The number of aliphatic hydroxyl groups excluding tert-OH is 1. The van der Waals surface area contributed by atoms with E-state index in [2.05, 4.69) is 10.0 Å². The summed E-state index contributed by atoms with van der Waals surface area (Å²) in [5, 5.41) is 12.5. The summed E-state index contributed by atoms with van der Waals surface area (Å²) in [6.07, 6.45) is 2.41. The second-order valence-corrected chi connectivity index (χ2v) is 8.76. The molecule has 0 aromatic heterocycles. The molecule has 1 fully saturated rings. The van der Waals surface area contributed by atoms with Crippen LogP contribution in [0.1, 0.15) is 41.6 Å². The van der Waals surface area contributed by atoms with Gasteiger partial charge in [0.05, 0.1) is 11.0 Å². The number of nitrogens with one attached hydrogen (secondary N) is 2. The predicted molar refractivity (Wildman–Crippen MR) is 104 cm³/mol. The molecule has 6 nitrogen and oxygen atoms in total. The van der Waals surface area contributed by atoms with Gasteiger partial charge in [-0.15, -0.1) is 0 Å². The Hall–Kier alpha value is -2.45. The van der Waals surface area contributed by atoms with Gasteiger partial charge in [-0.3, -0.25) is 9.52 Å². The van der Waals surface area contributed by atoms with Crippen LogP contribution in [0.4, 0.5) is 10.1 Å². The molecule has 0 radical (unpaired) electrons. The van der Waals surface area contributed by atoms with Gasteiger partial charge in [0.1, 0.15) is 5.82 Å². The van der Waals surface area contributed by atoms with E-state index in [1.165, 1.54) is 24.3 Å². The van der Waals surface area contributed by atoms with E-state index in [0.29, 0.717) is 36.8 Å². The second kappa shape index (κ2) is 8.28. The Bertz CT molecular complexity index is 970. The Kier molecular flexibility index (Phi) is 6.00. The molecule has 0 saturated heterocycles. The van der Waals surface area contributed by atoms with Gasteiger partial charge >= 0.3 is 0 Å². The summed E-state index contributed by atoms with van der Waals surface area (Å²) >= 11 is 0. The number of carbonyl (C=O) groups excluding carboxylic acids is 1. The Morgan fingerprint density at radius 1 is 1.11 bits per heavy atom. The molecule has 1 saturated carbocycles. The van der Waals surface area contributed by atoms with Crippen LogP contribution in [0, 0.1) is 12.7 Å². The van der Waals surface area contributed by atoms with Gasteiger partial charge in [0.15, 0.2) is 0 Å². The lowest BCUT2D eigenvalue weighted by Gasteiger charge is -2.26. The van der Waals surface area contributed by atoms with Crippen LogP contribution >= 0.6 is 0 Å². The molecule has 2 aromatic rings. The Balaban J connectivity index is 1.72. The molecule has 0 atom stereocenters. The van der Waals surface area contributed by atoms with E-state index in [0.717, 1.165) is 6.07 Å². The molecule has 1 aliphatic carbocycles. The third-order valence-corrected chi connectivity index (χ3v) is 6.24. The lowest BCUT2D eigenvalue weighted by molar-refractivity contribution is 0.0867. The van der Waals surface area contributed by atoms with Crippen LogP contribution in [0.2, 0.25) is 0 Å². The zero-order valence-corrected chi connectivity index (χ0v) is 16.3. The number of halogens is 1. The number of amides is 1. The van der Waals surface area contributed by atoms with Crippen LogP contribution < -0.4 is 10.0 Å². The van der Waals surface area contributed by atoms with Gasteiger partial charge in [0.2, 0.25) is 0 Å². The largest absolute Gasteiger partial charge is 0.393 e. The lowest BCUT2D eigenvalue weighted by atomic mass is 9.93. The molecule has 1 aliphatic rings. The van der Waals surface area contributed by atoms with E-state index in [9.17, 15) is 22.7 Å². The summed E-state index contributed by atoms with van der Waals surface area (Å²) in [7, 11) is -3.98. The number of sulfonamides is 1. The highest BCUT2D eigenvalue weighted by molar-refractivity contribution is 7.92. The molecule has 8 heteroatoms. The minimum atomic E-state index is -3.98. The lowest BCUT2D eigenvalue weighted by Crippen LogP contribution is -2.38. The van der Waals surface area contributed by atoms with Crippen LogP contribution in [-0.4, -0.2) is 31.6 Å². The van der Waals surface area contributed by atoms with Gasteiger partial charge in [-0.25, -0.2) is 12.8 Å². The first kappa shape index (κ1) is 20.3. The minimum Gasteiger partial charge on any atom is -0.393 e. The highest BCUT2D eigenvalue weighted by atomic mass is 32.2. The summed E-state index contributed by atoms with van der Waals surface area (Å²) in [4.78, 5) is 12.3. The summed E-state index contributed by atoms with van der Waals surface area (Å²) in [5.74, 6) is -0.905. The highest BCUT2D eigenvalue weighted by Gasteiger charge is 2.22. The quantitative estimate of drug-likeness (QED) is 0.711. The van der Waals surface area contributed by atoms with Crippen molar-refractivity contribution in [3.8, 4) is 0 Å². The van der Waals surface area contributed by atoms with Gasteiger partial charge in [-0.1, -0.05) is 12.1 Å². The van der Waals surface area contributed by atoms with Crippen LogP contribution in [-0.2, 0) is 10.0 Å². The van der Waals surface area contributed by atoms with Gasteiger partial charge in [-0.2, -0.15) is 0 Å². The average molecular weight is 406 g/mol. The van der Waals surface area contributed by atoms with Crippen molar-refractivity contribution in [2.24, 2.45) is 0 Å². The van der Waals surface area contributed by atoms with E-state index >= 15 is 0 Å². The van der Waals surface area contributed by atoms with Gasteiger partial charge in [0.25, 0.3) is 15.9 Å². The topological polar surface area (TPSA) is 95.5 Å². The SMILES string of the molecule is Cc1ccc(S(=O)(=O)Nc2cccc(C(=O)NC3CCC(O)CC3)c2)cc1F. The standard InChI is InChI=1S/C20H23FN2O4S/c1-13-5-10-18(12-19(13)21)28(26,27)23-16-4-2-3-14(11-16)20(25)22-15-6-8-17(24)9-7-15/h2-5,10-12,15,17,23-24H,6-9H2,1H3,(H,22,25). The molecule has 0 aliphatic heterocycles. The van der Waals surface area contributed by atoms with Crippen molar-refractivity contribution < 1.29 is 22.7 Å². The Morgan fingerprint density at radius 3 is 2.50 bits per heavy atom. The number of anilines is 1. The number of carbonyl (C=O) groups is 1. The predicted octanol–water partition coefficient (Wildman–Crippen LogP) is 2.97. The zero-order chi connectivity index (χ0) is 20.3. The summed E-state index contributed by atoms with van der Waals surface area (Å²) in [6, 6.07) is 9.82. The molecule has 0 heterocycles. The third-order valence-electron chi connectivity index (χ3n) is 4.86. The van der Waals surface area contributed by atoms with E-state index < -0.39 is 15.8 Å². The minimum absolute atomic E-state index is 0.00761. The van der Waals surface area contributed by atoms with E-state index in [1.54, 1.807) is 19.1 Å². The van der Waals surface area contributed by atoms with E-state index in [-0.39, 0.29) is 28.6 Å². The van der Waals surface area contributed by atoms with Crippen molar-refractivity contribution in [2.45, 2.75) is 49.6 Å². The summed E-state index contributed by atoms with van der Waals surface area (Å²) in [6.45, 7) is 1.55. The first-order chi connectivity index (χ1) is 13.2. The van der Waals surface area contributed by atoms with Crippen molar-refractivity contribution in [3.63, 3.8) is 0 Å². The number of aryl methyl sites for hydroxylation is 1. The number of benzene rings is 2. The number of hydrogen-bond acceptors (Lipinski definition) is 4. The summed E-state index contributed by atoms with van der Waals surface area (Å²) in [5.41, 5.74) is 0.891. The number of aliphatic hydroxyl groups is 1. The molecule has 0 spiro atoms. The molecule has 2 aromatic carbocycles. The number of hydrogen-bond donors (Lipinski definition) is 3. The average Bonchev–Trinajstić information content (AvgIpc) is 2.65. The van der Waals surface area contributed by atoms with Crippen LogP contribution in [0.3, 0.4) is 0 Å². The fourth-order valence-electron chi connectivity index (χ4n) is 3.17. The zero-order valence-electron chi connectivity index (χ0n) is 15.5. The smallest absolute Gasteiger partial charge is 0.261 e. The normalized spacial score (nSPS) is 19.8. The first-order valence-electron chi connectivity index (χ1n) is 9.12. The Labute approximate surface area is 163 Å². The van der Waals surface area contributed by atoms with Gasteiger partial charge in [-0.05, 0) is 68.5 Å². The second-order valence-electron chi connectivity index (χ2n) is 7.08. The summed E-state index contributed by atoms with van der Waals surface area (Å²) < 4.78 is 41.1. The van der Waals surface area contributed by atoms with Crippen molar-refractivity contribution in [1.82, 2.24) is 5.32 Å². The fourth-order valence-corrected chi connectivity index (χ4v) is 4.23. The third kappa shape index (κ3) is 4.88. The monoisotopic (exact) mass is 406 g/mol. The highest BCUT2D eigenvalue weighted by Crippen LogP contribution is 2.21. The van der Waals surface area contributed by atoms with Crippen LogP contribution in [0.15, 0.2) is 47.4 Å². The van der Waals surface area contributed by atoms with Crippen LogP contribution in [0.5, 0.6) is 0 Å². The first-order valence-corrected chi connectivity index (χ1v) is 10.6. The number of rotatable bonds is 5. The molecule has 28 heavy (non-hydrogen) atoms. The van der Waals surface area contributed by atoms with E-state index in [4.69, 9.17) is 0 Å².